The zero-order valence-corrected chi connectivity index (χ0v) is 9.70. The van der Waals surface area contributed by atoms with Crippen molar-refractivity contribution in [2.45, 2.75) is 12.8 Å². The Labute approximate surface area is 86.5 Å². The highest BCUT2D eigenvalue weighted by Crippen LogP contribution is 2.22. The van der Waals surface area contributed by atoms with Crippen molar-refractivity contribution in [2.75, 3.05) is 45.2 Å². The molecule has 1 unspecified atom stereocenters. The zero-order chi connectivity index (χ0) is 9.52. The van der Waals surface area contributed by atoms with Gasteiger partial charge in [0.05, 0.1) is 0 Å². The third-order valence-electron chi connectivity index (χ3n) is 2.42. The number of hydrogen-bond donors (Lipinski definition) is 1. The van der Waals surface area contributed by atoms with Gasteiger partial charge in [-0.3, -0.25) is 0 Å². The molecule has 0 saturated carbocycles. The lowest BCUT2D eigenvalue weighted by Crippen LogP contribution is -2.26. The van der Waals surface area contributed by atoms with Gasteiger partial charge in [-0.2, -0.15) is 11.8 Å². The molecule has 1 rings (SSSR count). The van der Waals surface area contributed by atoms with E-state index in [1.165, 1.54) is 44.0 Å². The van der Waals surface area contributed by atoms with Crippen LogP contribution in [0.4, 0.5) is 0 Å². The minimum atomic E-state index is 0.948. The quantitative estimate of drug-likeness (QED) is 0.653. The van der Waals surface area contributed by atoms with Crippen LogP contribution < -0.4 is 5.32 Å². The second kappa shape index (κ2) is 6.68. The van der Waals surface area contributed by atoms with Crippen molar-refractivity contribution < 1.29 is 0 Å². The van der Waals surface area contributed by atoms with E-state index in [1.807, 2.05) is 0 Å². The first-order valence-corrected chi connectivity index (χ1v) is 6.37. The van der Waals surface area contributed by atoms with Crippen LogP contribution in [0.5, 0.6) is 0 Å². The fourth-order valence-corrected chi connectivity index (χ4v) is 2.86. The molecule has 2 nitrogen and oxygen atoms in total. The van der Waals surface area contributed by atoms with Gasteiger partial charge in [0.25, 0.3) is 0 Å². The van der Waals surface area contributed by atoms with E-state index in [4.69, 9.17) is 0 Å². The third-order valence-corrected chi connectivity index (χ3v) is 3.65. The summed E-state index contributed by atoms with van der Waals surface area (Å²) in [7, 11) is 4.27. The maximum absolute atomic E-state index is 3.54. The van der Waals surface area contributed by atoms with Gasteiger partial charge in [-0.05, 0) is 64.0 Å². The number of rotatable bonds is 6. The van der Waals surface area contributed by atoms with Crippen molar-refractivity contribution in [3.63, 3.8) is 0 Å². The summed E-state index contributed by atoms with van der Waals surface area (Å²) in [6, 6.07) is 0. The molecule has 0 radical (unpaired) electrons. The van der Waals surface area contributed by atoms with E-state index in [1.54, 1.807) is 0 Å². The summed E-state index contributed by atoms with van der Waals surface area (Å²) in [5.74, 6) is 3.70. The maximum Gasteiger partial charge on any atom is -0.00123 e. The summed E-state index contributed by atoms with van der Waals surface area (Å²) in [6.07, 6.45) is 2.69. The maximum atomic E-state index is 3.54. The second-order valence-corrected chi connectivity index (χ2v) is 5.24. The van der Waals surface area contributed by atoms with Crippen LogP contribution in [0.3, 0.4) is 0 Å². The summed E-state index contributed by atoms with van der Waals surface area (Å²) >= 11 is 2.10. The average Bonchev–Trinajstić information content (AvgIpc) is 2.55. The summed E-state index contributed by atoms with van der Waals surface area (Å²) in [5.41, 5.74) is 0. The lowest BCUT2D eigenvalue weighted by Gasteiger charge is -2.12. The van der Waals surface area contributed by atoms with E-state index in [0.717, 1.165) is 5.92 Å². The number of thioether (sulfide) groups is 1. The highest BCUT2D eigenvalue weighted by atomic mass is 32.2. The van der Waals surface area contributed by atoms with Gasteiger partial charge < -0.3 is 10.2 Å². The molecule has 78 valence electrons. The van der Waals surface area contributed by atoms with Crippen molar-refractivity contribution in [1.82, 2.24) is 10.2 Å². The van der Waals surface area contributed by atoms with Gasteiger partial charge in [-0.1, -0.05) is 0 Å². The van der Waals surface area contributed by atoms with Gasteiger partial charge in [0.1, 0.15) is 0 Å². The van der Waals surface area contributed by atoms with Crippen LogP contribution in [0, 0.1) is 5.92 Å². The van der Waals surface area contributed by atoms with Gasteiger partial charge in [0.15, 0.2) is 0 Å². The van der Waals surface area contributed by atoms with Crippen LogP contribution in [0.25, 0.3) is 0 Å². The minimum Gasteiger partial charge on any atom is -0.316 e. The van der Waals surface area contributed by atoms with E-state index < -0.39 is 0 Å². The van der Waals surface area contributed by atoms with E-state index >= 15 is 0 Å². The van der Waals surface area contributed by atoms with Crippen LogP contribution >= 0.6 is 11.8 Å². The smallest absolute Gasteiger partial charge is 0.00123 e. The molecule has 1 aliphatic rings. The molecule has 1 atom stereocenters. The van der Waals surface area contributed by atoms with Crippen LogP contribution in [-0.4, -0.2) is 50.1 Å². The van der Waals surface area contributed by atoms with Gasteiger partial charge >= 0.3 is 0 Å². The Kier molecular flexibility index (Phi) is 5.83. The van der Waals surface area contributed by atoms with Crippen molar-refractivity contribution in [2.24, 2.45) is 5.92 Å². The molecule has 1 aliphatic heterocycles. The molecular weight excluding hydrogens is 180 g/mol. The molecule has 0 aromatic carbocycles. The van der Waals surface area contributed by atoms with Gasteiger partial charge in [-0.25, -0.2) is 0 Å². The van der Waals surface area contributed by atoms with E-state index in [0.29, 0.717) is 0 Å². The summed E-state index contributed by atoms with van der Waals surface area (Å²) in [5, 5.41) is 3.54. The Balaban J connectivity index is 1.83. The van der Waals surface area contributed by atoms with E-state index in [-0.39, 0.29) is 0 Å². The van der Waals surface area contributed by atoms with E-state index in [2.05, 4.69) is 36.1 Å². The average molecular weight is 202 g/mol. The van der Waals surface area contributed by atoms with Crippen LogP contribution in [0.1, 0.15) is 12.8 Å². The van der Waals surface area contributed by atoms with Crippen molar-refractivity contribution in [3.8, 4) is 0 Å². The molecule has 13 heavy (non-hydrogen) atoms. The summed E-state index contributed by atoms with van der Waals surface area (Å²) in [4.78, 5) is 2.24. The normalized spacial score (nSPS) is 22.8. The molecule has 3 heteroatoms. The lowest BCUT2D eigenvalue weighted by atomic mass is 10.1. The van der Waals surface area contributed by atoms with Gasteiger partial charge in [-0.15, -0.1) is 0 Å². The summed E-state index contributed by atoms with van der Waals surface area (Å²) < 4.78 is 0. The topological polar surface area (TPSA) is 15.3 Å². The second-order valence-electron chi connectivity index (χ2n) is 4.09. The van der Waals surface area contributed by atoms with Gasteiger partial charge in [0, 0.05) is 0 Å². The molecule has 1 heterocycles. The first-order valence-electron chi connectivity index (χ1n) is 5.22. The zero-order valence-electron chi connectivity index (χ0n) is 8.88. The molecule has 0 bridgehead atoms. The Morgan fingerprint density at radius 3 is 2.92 bits per heavy atom. The van der Waals surface area contributed by atoms with Crippen LogP contribution in [0.2, 0.25) is 0 Å². The van der Waals surface area contributed by atoms with Crippen LogP contribution in [0.15, 0.2) is 0 Å². The Bertz CT molecular complexity index is 122. The number of nitrogens with zero attached hydrogens (tertiary/aromatic N) is 1. The van der Waals surface area contributed by atoms with Crippen molar-refractivity contribution in [1.29, 1.82) is 0 Å². The first kappa shape index (κ1) is 11.3. The Hall–Kier alpha value is 0.270. The summed E-state index contributed by atoms with van der Waals surface area (Å²) in [6.45, 7) is 3.62. The molecule has 1 saturated heterocycles. The largest absolute Gasteiger partial charge is 0.316 e. The lowest BCUT2D eigenvalue weighted by molar-refractivity contribution is 0.390. The Morgan fingerprint density at radius 2 is 2.31 bits per heavy atom. The van der Waals surface area contributed by atoms with Crippen LogP contribution in [-0.2, 0) is 0 Å². The van der Waals surface area contributed by atoms with E-state index in [9.17, 15) is 0 Å². The first-order chi connectivity index (χ1) is 6.29. The fourth-order valence-electron chi connectivity index (χ4n) is 1.57. The molecule has 1 fully saturated rings. The monoisotopic (exact) mass is 202 g/mol. The number of nitrogens with one attached hydrogen (secondary N) is 1. The van der Waals surface area contributed by atoms with Crippen molar-refractivity contribution >= 4 is 11.8 Å². The molecule has 0 aliphatic carbocycles. The molecular formula is C10H22N2S. The highest BCUT2D eigenvalue weighted by molar-refractivity contribution is 7.99. The molecule has 0 spiro atoms. The fraction of sp³-hybridized carbons (Fsp3) is 1.00. The SMILES string of the molecule is CN(C)CCCNCC1CCSC1. The molecule has 0 aromatic rings. The third kappa shape index (κ3) is 5.55. The number of hydrogen-bond acceptors (Lipinski definition) is 3. The molecule has 0 amide bonds. The highest BCUT2D eigenvalue weighted by Gasteiger charge is 2.13. The van der Waals surface area contributed by atoms with Crippen molar-refractivity contribution in [3.05, 3.63) is 0 Å². The molecule has 1 N–H and O–H groups in total. The Morgan fingerprint density at radius 1 is 1.46 bits per heavy atom. The predicted octanol–water partition coefficient (Wildman–Crippen LogP) is 1.28. The standard InChI is InChI=1S/C10H22N2S/c1-12(2)6-3-5-11-8-10-4-7-13-9-10/h10-11H,3-9H2,1-2H3. The van der Waals surface area contributed by atoms with Gasteiger partial charge in [0.2, 0.25) is 0 Å². The predicted molar refractivity (Wildman–Crippen MR) is 61.5 cm³/mol. The minimum absolute atomic E-state index is 0.948. The molecule has 0 aromatic heterocycles.